The zero-order valence-electron chi connectivity index (χ0n) is 11.1. The molecule has 1 aliphatic carbocycles. The van der Waals surface area contributed by atoms with Crippen molar-refractivity contribution in [3.8, 4) is 12.3 Å². The summed E-state index contributed by atoms with van der Waals surface area (Å²) in [5, 5.41) is 3.37. The summed E-state index contributed by atoms with van der Waals surface area (Å²) in [6.45, 7) is 3.10. The SMILES string of the molecule is C#CCN(CC)C(=O)CC1(NC)CCCCC1. The highest BCUT2D eigenvalue weighted by Gasteiger charge is 2.33. The van der Waals surface area contributed by atoms with Gasteiger partial charge in [0, 0.05) is 18.5 Å². The fourth-order valence-electron chi connectivity index (χ4n) is 2.63. The number of carbonyl (C=O) groups excluding carboxylic acids is 1. The molecule has 0 aromatic carbocycles. The normalized spacial score (nSPS) is 18.4. The lowest BCUT2D eigenvalue weighted by Crippen LogP contribution is -2.49. The second-order valence-corrected chi connectivity index (χ2v) is 4.88. The van der Waals surface area contributed by atoms with E-state index >= 15 is 0 Å². The number of terminal acetylenes is 1. The Balaban J connectivity index is 2.60. The number of carbonyl (C=O) groups is 1. The summed E-state index contributed by atoms with van der Waals surface area (Å²) < 4.78 is 0. The zero-order valence-corrected chi connectivity index (χ0v) is 11.1. The molecule has 0 spiro atoms. The summed E-state index contributed by atoms with van der Waals surface area (Å²) in [5.74, 6) is 2.73. The van der Waals surface area contributed by atoms with Crippen LogP contribution in [0.4, 0.5) is 0 Å². The number of hydrogen-bond donors (Lipinski definition) is 1. The molecule has 96 valence electrons. The Hall–Kier alpha value is -1.01. The average molecular weight is 236 g/mol. The van der Waals surface area contributed by atoms with E-state index in [9.17, 15) is 4.79 Å². The molecule has 0 atom stereocenters. The molecule has 1 N–H and O–H groups in total. The first-order valence-corrected chi connectivity index (χ1v) is 6.57. The van der Waals surface area contributed by atoms with Crippen LogP contribution in [0.25, 0.3) is 0 Å². The maximum atomic E-state index is 12.2. The largest absolute Gasteiger partial charge is 0.332 e. The Kier molecular flexibility index (Phi) is 5.50. The molecule has 0 bridgehead atoms. The zero-order chi connectivity index (χ0) is 12.7. The smallest absolute Gasteiger partial charge is 0.225 e. The van der Waals surface area contributed by atoms with Gasteiger partial charge in [-0.25, -0.2) is 0 Å². The minimum Gasteiger partial charge on any atom is -0.332 e. The van der Waals surface area contributed by atoms with Gasteiger partial charge in [-0.2, -0.15) is 0 Å². The monoisotopic (exact) mass is 236 g/mol. The molecule has 0 radical (unpaired) electrons. The van der Waals surface area contributed by atoms with Crippen LogP contribution in [-0.2, 0) is 4.79 Å². The highest BCUT2D eigenvalue weighted by molar-refractivity contribution is 5.77. The molecule has 3 nitrogen and oxygen atoms in total. The fraction of sp³-hybridized carbons (Fsp3) is 0.786. The number of hydrogen-bond acceptors (Lipinski definition) is 2. The molecule has 0 saturated heterocycles. The van der Waals surface area contributed by atoms with E-state index in [1.54, 1.807) is 4.90 Å². The third-order valence-corrected chi connectivity index (χ3v) is 3.85. The standard InChI is InChI=1S/C14H24N2O/c1-4-11-16(5-2)13(17)12-14(15-3)9-7-6-8-10-14/h1,15H,5-12H2,2-3H3. The molecule has 17 heavy (non-hydrogen) atoms. The number of nitrogens with zero attached hydrogens (tertiary/aromatic N) is 1. The van der Waals surface area contributed by atoms with E-state index in [0.29, 0.717) is 19.5 Å². The van der Waals surface area contributed by atoms with Gasteiger partial charge < -0.3 is 10.2 Å². The Labute approximate surface area is 105 Å². The summed E-state index contributed by atoms with van der Waals surface area (Å²) in [4.78, 5) is 13.9. The van der Waals surface area contributed by atoms with E-state index in [2.05, 4.69) is 11.2 Å². The number of nitrogens with one attached hydrogen (secondary N) is 1. The molecule has 0 unspecified atom stereocenters. The van der Waals surface area contributed by atoms with Crippen molar-refractivity contribution in [2.24, 2.45) is 0 Å². The lowest BCUT2D eigenvalue weighted by Gasteiger charge is -2.37. The molecule has 0 aromatic rings. The lowest BCUT2D eigenvalue weighted by molar-refractivity contribution is -0.132. The van der Waals surface area contributed by atoms with E-state index in [1.165, 1.54) is 19.3 Å². The highest BCUT2D eigenvalue weighted by Crippen LogP contribution is 2.31. The Morgan fingerprint density at radius 3 is 2.53 bits per heavy atom. The van der Waals surface area contributed by atoms with Crippen LogP contribution < -0.4 is 5.32 Å². The minimum atomic E-state index is 0.0113. The van der Waals surface area contributed by atoms with E-state index in [-0.39, 0.29) is 11.4 Å². The van der Waals surface area contributed by atoms with Gasteiger partial charge in [-0.05, 0) is 26.8 Å². The van der Waals surface area contributed by atoms with Crippen molar-refractivity contribution in [1.29, 1.82) is 0 Å². The van der Waals surface area contributed by atoms with Gasteiger partial charge in [-0.15, -0.1) is 6.42 Å². The summed E-state index contributed by atoms with van der Waals surface area (Å²) in [6.07, 6.45) is 11.8. The van der Waals surface area contributed by atoms with Crippen molar-refractivity contribution in [1.82, 2.24) is 10.2 Å². The molecular formula is C14H24N2O. The van der Waals surface area contributed by atoms with Gasteiger partial charge >= 0.3 is 0 Å². The fourth-order valence-corrected chi connectivity index (χ4v) is 2.63. The van der Waals surface area contributed by atoms with Gasteiger partial charge in [0.05, 0.1) is 6.54 Å². The van der Waals surface area contributed by atoms with Crippen molar-refractivity contribution in [3.63, 3.8) is 0 Å². The first kappa shape index (κ1) is 14.1. The molecule has 1 rings (SSSR count). The quantitative estimate of drug-likeness (QED) is 0.738. The predicted octanol–water partition coefficient (Wildman–Crippen LogP) is 1.78. The molecule has 1 saturated carbocycles. The van der Waals surface area contributed by atoms with Crippen LogP contribution in [-0.4, -0.2) is 36.5 Å². The Morgan fingerprint density at radius 2 is 2.06 bits per heavy atom. The van der Waals surface area contributed by atoms with Gasteiger partial charge in [-0.1, -0.05) is 25.2 Å². The highest BCUT2D eigenvalue weighted by atomic mass is 16.2. The van der Waals surface area contributed by atoms with Gasteiger partial charge in [0.15, 0.2) is 0 Å². The molecule has 0 heterocycles. The van der Waals surface area contributed by atoms with Gasteiger partial charge in [0.1, 0.15) is 0 Å². The van der Waals surface area contributed by atoms with Crippen LogP contribution in [0.5, 0.6) is 0 Å². The van der Waals surface area contributed by atoms with Gasteiger partial charge in [0.2, 0.25) is 5.91 Å². The van der Waals surface area contributed by atoms with E-state index in [1.807, 2.05) is 14.0 Å². The van der Waals surface area contributed by atoms with Crippen molar-refractivity contribution in [2.75, 3.05) is 20.1 Å². The number of amides is 1. The van der Waals surface area contributed by atoms with Crippen LogP contribution >= 0.6 is 0 Å². The minimum absolute atomic E-state index is 0.0113. The third-order valence-electron chi connectivity index (χ3n) is 3.85. The van der Waals surface area contributed by atoms with Gasteiger partial charge in [-0.3, -0.25) is 4.79 Å². The van der Waals surface area contributed by atoms with Crippen LogP contribution in [0.1, 0.15) is 45.4 Å². The maximum absolute atomic E-state index is 12.2. The van der Waals surface area contributed by atoms with Crippen LogP contribution in [0.15, 0.2) is 0 Å². The lowest BCUT2D eigenvalue weighted by atomic mass is 9.79. The molecule has 0 aliphatic heterocycles. The average Bonchev–Trinajstić information content (AvgIpc) is 2.36. The second kappa shape index (κ2) is 6.66. The van der Waals surface area contributed by atoms with Crippen LogP contribution in [0, 0.1) is 12.3 Å². The van der Waals surface area contributed by atoms with Crippen LogP contribution in [0.2, 0.25) is 0 Å². The number of rotatable bonds is 5. The molecule has 1 fully saturated rings. The predicted molar refractivity (Wildman–Crippen MR) is 70.6 cm³/mol. The van der Waals surface area contributed by atoms with E-state index in [0.717, 1.165) is 12.8 Å². The molecule has 1 aliphatic rings. The van der Waals surface area contributed by atoms with Crippen molar-refractivity contribution in [2.45, 2.75) is 51.0 Å². The molecular weight excluding hydrogens is 212 g/mol. The Bertz CT molecular complexity index is 287. The van der Waals surface area contributed by atoms with Crippen LogP contribution in [0.3, 0.4) is 0 Å². The van der Waals surface area contributed by atoms with Crippen molar-refractivity contribution >= 4 is 5.91 Å². The Morgan fingerprint density at radius 1 is 1.41 bits per heavy atom. The van der Waals surface area contributed by atoms with E-state index < -0.39 is 0 Å². The second-order valence-electron chi connectivity index (χ2n) is 4.88. The van der Waals surface area contributed by atoms with E-state index in [4.69, 9.17) is 6.42 Å². The van der Waals surface area contributed by atoms with Crippen molar-refractivity contribution in [3.05, 3.63) is 0 Å². The summed E-state index contributed by atoms with van der Waals surface area (Å²) in [6, 6.07) is 0. The molecule has 0 aromatic heterocycles. The van der Waals surface area contributed by atoms with Gasteiger partial charge in [0.25, 0.3) is 0 Å². The van der Waals surface area contributed by atoms with Crippen molar-refractivity contribution < 1.29 is 4.79 Å². The third kappa shape index (κ3) is 3.74. The molecule has 3 heteroatoms. The topological polar surface area (TPSA) is 32.3 Å². The maximum Gasteiger partial charge on any atom is 0.225 e. The first-order chi connectivity index (χ1) is 8.17. The summed E-state index contributed by atoms with van der Waals surface area (Å²) in [5.41, 5.74) is 0.0113. The summed E-state index contributed by atoms with van der Waals surface area (Å²) >= 11 is 0. The molecule has 1 amide bonds. The summed E-state index contributed by atoms with van der Waals surface area (Å²) in [7, 11) is 1.97. The first-order valence-electron chi connectivity index (χ1n) is 6.57.